The van der Waals surface area contributed by atoms with Gasteiger partial charge in [0.05, 0.1) is 12.6 Å². The molecule has 0 spiro atoms. The molecule has 0 aromatic rings. The van der Waals surface area contributed by atoms with E-state index in [0.717, 1.165) is 13.1 Å². The van der Waals surface area contributed by atoms with Crippen LogP contribution in [0.3, 0.4) is 0 Å². The van der Waals surface area contributed by atoms with Crippen LogP contribution in [0.15, 0.2) is 0 Å². The standard InChI is InChI=1S/C9H18N2/c1-3-5-6-8-11(4-2)9-7-10/h3-6,8-9H2,1-2H3. The minimum Gasteiger partial charge on any atom is -0.291 e. The van der Waals surface area contributed by atoms with Gasteiger partial charge >= 0.3 is 0 Å². The molecule has 2 nitrogen and oxygen atoms in total. The van der Waals surface area contributed by atoms with Gasteiger partial charge in [-0.05, 0) is 19.5 Å². The monoisotopic (exact) mass is 154 g/mol. The van der Waals surface area contributed by atoms with Crippen molar-refractivity contribution in [1.29, 1.82) is 5.26 Å². The Balaban J connectivity index is 3.30. The smallest absolute Gasteiger partial charge is 0.0865 e. The molecule has 0 rings (SSSR count). The highest BCUT2D eigenvalue weighted by atomic mass is 15.1. The Morgan fingerprint density at radius 1 is 1.27 bits per heavy atom. The van der Waals surface area contributed by atoms with Gasteiger partial charge < -0.3 is 0 Å². The second-order valence-corrected chi connectivity index (χ2v) is 2.73. The van der Waals surface area contributed by atoms with Crippen molar-refractivity contribution in [3.05, 3.63) is 0 Å². The first-order chi connectivity index (χ1) is 5.35. The van der Waals surface area contributed by atoms with E-state index in [1.54, 1.807) is 0 Å². The van der Waals surface area contributed by atoms with Gasteiger partial charge in [-0.15, -0.1) is 0 Å². The van der Waals surface area contributed by atoms with Crippen molar-refractivity contribution < 1.29 is 0 Å². The first-order valence-corrected chi connectivity index (χ1v) is 4.44. The molecule has 64 valence electrons. The third-order valence-electron chi connectivity index (χ3n) is 1.82. The number of unbranched alkanes of at least 4 members (excludes halogenated alkanes) is 2. The van der Waals surface area contributed by atoms with Crippen molar-refractivity contribution >= 4 is 0 Å². The summed E-state index contributed by atoms with van der Waals surface area (Å²) >= 11 is 0. The molecule has 0 aliphatic rings. The molecule has 0 fully saturated rings. The van der Waals surface area contributed by atoms with Gasteiger partial charge in [0.15, 0.2) is 0 Å². The fourth-order valence-corrected chi connectivity index (χ4v) is 1.03. The Kier molecular flexibility index (Phi) is 7.18. The van der Waals surface area contributed by atoms with Crippen LogP contribution in [0, 0.1) is 11.3 Å². The predicted octanol–water partition coefficient (Wildman–Crippen LogP) is 2.02. The highest BCUT2D eigenvalue weighted by Gasteiger charge is 1.98. The molecule has 0 atom stereocenters. The summed E-state index contributed by atoms with van der Waals surface area (Å²) in [6.45, 7) is 6.96. The summed E-state index contributed by atoms with van der Waals surface area (Å²) < 4.78 is 0. The van der Waals surface area contributed by atoms with Crippen molar-refractivity contribution in [2.75, 3.05) is 19.6 Å². The lowest BCUT2D eigenvalue weighted by atomic mass is 10.2. The fraction of sp³-hybridized carbons (Fsp3) is 0.889. The van der Waals surface area contributed by atoms with Crippen LogP contribution in [0.4, 0.5) is 0 Å². The van der Waals surface area contributed by atoms with Crippen molar-refractivity contribution in [1.82, 2.24) is 4.90 Å². The summed E-state index contributed by atoms with van der Waals surface area (Å²) in [4.78, 5) is 2.18. The maximum absolute atomic E-state index is 8.43. The van der Waals surface area contributed by atoms with Crippen LogP contribution >= 0.6 is 0 Å². The fourth-order valence-electron chi connectivity index (χ4n) is 1.03. The van der Waals surface area contributed by atoms with Crippen LogP contribution < -0.4 is 0 Å². The van der Waals surface area contributed by atoms with Crippen molar-refractivity contribution in [3.63, 3.8) is 0 Å². The Morgan fingerprint density at radius 2 is 2.00 bits per heavy atom. The molecule has 0 radical (unpaired) electrons. The van der Waals surface area contributed by atoms with E-state index in [1.165, 1.54) is 19.3 Å². The third kappa shape index (κ3) is 5.87. The maximum Gasteiger partial charge on any atom is 0.0865 e. The molecule has 0 aromatic carbocycles. The lowest BCUT2D eigenvalue weighted by Crippen LogP contribution is -2.24. The molecule has 0 saturated carbocycles. The van der Waals surface area contributed by atoms with Crippen molar-refractivity contribution in [3.8, 4) is 6.07 Å². The largest absolute Gasteiger partial charge is 0.291 e. The van der Waals surface area contributed by atoms with Crippen LogP contribution in [-0.4, -0.2) is 24.5 Å². The zero-order chi connectivity index (χ0) is 8.53. The first-order valence-electron chi connectivity index (χ1n) is 4.44. The average Bonchev–Trinajstić information content (AvgIpc) is 2.03. The van der Waals surface area contributed by atoms with Crippen LogP contribution in [-0.2, 0) is 0 Å². The highest BCUT2D eigenvalue weighted by molar-refractivity contribution is 4.75. The van der Waals surface area contributed by atoms with Gasteiger partial charge in [-0.1, -0.05) is 26.7 Å². The van der Waals surface area contributed by atoms with E-state index in [-0.39, 0.29) is 0 Å². The summed E-state index contributed by atoms with van der Waals surface area (Å²) in [6.07, 6.45) is 3.76. The Hall–Kier alpha value is -0.550. The lowest BCUT2D eigenvalue weighted by Gasteiger charge is -2.15. The van der Waals surface area contributed by atoms with Gasteiger partial charge in [0.25, 0.3) is 0 Å². The van der Waals surface area contributed by atoms with Gasteiger partial charge in [-0.2, -0.15) is 5.26 Å². The second-order valence-electron chi connectivity index (χ2n) is 2.73. The summed E-state index contributed by atoms with van der Waals surface area (Å²) in [5.41, 5.74) is 0. The zero-order valence-corrected chi connectivity index (χ0v) is 7.64. The zero-order valence-electron chi connectivity index (χ0n) is 7.64. The molecule has 0 saturated heterocycles. The van der Waals surface area contributed by atoms with Crippen LogP contribution in [0.25, 0.3) is 0 Å². The van der Waals surface area contributed by atoms with E-state index in [9.17, 15) is 0 Å². The molecular formula is C9H18N2. The van der Waals surface area contributed by atoms with Gasteiger partial charge in [0.1, 0.15) is 0 Å². The Morgan fingerprint density at radius 3 is 2.45 bits per heavy atom. The molecular weight excluding hydrogens is 136 g/mol. The molecule has 0 N–H and O–H groups in total. The second kappa shape index (κ2) is 7.56. The molecule has 0 amide bonds. The van der Waals surface area contributed by atoms with Crippen LogP contribution in [0.2, 0.25) is 0 Å². The van der Waals surface area contributed by atoms with E-state index >= 15 is 0 Å². The van der Waals surface area contributed by atoms with E-state index in [4.69, 9.17) is 5.26 Å². The van der Waals surface area contributed by atoms with E-state index in [0.29, 0.717) is 6.54 Å². The third-order valence-corrected chi connectivity index (χ3v) is 1.82. The molecule has 0 bridgehead atoms. The van der Waals surface area contributed by atoms with Crippen molar-refractivity contribution in [2.24, 2.45) is 0 Å². The van der Waals surface area contributed by atoms with Gasteiger partial charge in [-0.25, -0.2) is 0 Å². The van der Waals surface area contributed by atoms with Gasteiger partial charge in [0.2, 0.25) is 0 Å². The van der Waals surface area contributed by atoms with Gasteiger partial charge in [-0.3, -0.25) is 4.90 Å². The molecule has 0 aliphatic carbocycles. The van der Waals surface area contributed by atoms with E-state index in [1.807, 2.05) is 0 Å². The minimum absolute atomic E-state index is 0.584. The normalized spacial score (nSPS) is 10.0. The van der Waals surface area contributed by atoms with Crippen LogP contribution in [0.5, 0.6) is 0 Å². The number of nitrogens with zero attached hydrogens (tertiary/aromatic N) is 2. The molecule has 2 heteroatoms. The van der Waals surface area contributed by atoms with Gasteiger partial charge in [0, 0.05) is 0 Å². The summed E-state index contributed by atoms with van der Waals surface area (Å²) in [5.74, 6) is 0. The lowest BCUT2D eigenvalue weighted by molar-refractivity contribution is 0.314. The molecule has 0 aromatic heterocycles. The molecule has 0 aliphatic heterocycles. The topological polar surface area (TPSA) is 27.0 Å². The predicted molar refractivity (Wildman–Crippen MR) is 47.3 cm³/mol. The van der Waals surface area contributed by atoms with E-state index in [2.05, 4.69) is 24.8 Å². The first kappa shape index (κ1) is 10.4. The molecule has 11 heavy (non-hydrogen) atoms. The number of rotatable bonds is 6. The van der Waals surface area contributed by atoms with Crippen molar-refractivity contribution in [2.45, 2.75) is 33.1 Å². The molecule has 0 unspecified atom stereocenters. The summed E-state index contributed by atoms with van der Waals surface area (Å²) in [6, 6.07) is 2.17. The number of hydrogen-bond donors (Lipinski definition) is 0. The number of nitriles is 1. The van der Waals surface area contributed by atoms with E-state index < -0.39 is 0 Å². The number of hydrogen-bond acceptors (Lipinski definition) is 2. The summed E-state index contributed by atoms with van der Waals surface area (Å²) in [5, 5.41) is 8.43. The SMILES string of the molecule is CCCCCN(CC)CC#N. The van der Waals surface area contributed by atoms with Crippen LogP contribution in [0.1, 0.15) is 33.1 Å². The quantitative estimate of drug-likeness (QED) is 0.432. The highest BCUT2D eigenvalue weighted by Crippen LogP contribution is 1.96. The minimum atomic E-state index is 0.584. The summed E-state index contributed by atoms with van der Waals surface area (Å²) in [7, 11) is 0. The maximum atomic E-state index is 8.43. The average molecular weight is 154 g/mol. The molecule has 0 heterocycles. The Bertz CT molecular complexity index is 115. The Labute approximate surface area is 69.8 Å².